The number of halogens is 2. The first kappa shape index (κ1) is 16.9. The van der Waals surface area contributed by atoms with E-state index >= 15 is 0 Å². The third-order valence-corrected chi connectivity index (χ3v) is 4.01. The van der Waals surface area contributed by atoms with Gasteiger partial charge < -0.3 is 14.6 Å². The Bertz CT molecular complexity index is 1050. The number of fused-ring (bicyclic) bond motifs is 1. The van der Waals surface area contributed by atoms with Gasteiger partial charge in [-0.3, -0.25) is 5.10 Å². The molecule has 8 nitrogen and oxygen atoms in total. The molecular weight excluding hydrogens is 356 g/mol. The number of aromatic nitrogens is 6. The molecule has 0 aliphatic heterocycles. The molecule has 0 radical (unpaired) electrons. The van der Waals surface area contributed by atoms with Crippen LogP contribution in [-0.4, -0.2) is 36.3 Å². The summed E-state index contributed by atoms with van der Waals surface area (Å²) in [6.07, 6.45) is 3.19. The molecule has 0 aliphatic carbocycles. The average molecular weight is 371 g/mol. The highest BCUT2D eigenvalue weighted by atomic mass is 19.3. The van der Waals surface area contributed by atoms with Crippen LogP contribution >= 0.6 is 0 Å². The molecule has 0 saturated carbocycles. The molecule has 0 fully saturated rings. The molecule has 4 aromatic rings. The first-order valence-corrected chi connectivity index (χ1v) is 8.12. The molecule has 27 heavy (non-hydrogen) atoms. The number of alkyl halides is 2. The summed E-state index contributed by atoms with van der Waals surface area (Å²) in [6, 6.07) is 11.3. The van der Waals surface area contributed by atoms with E-state index in [9.17, 15) is 8.78 Å². The molecule has 10 heteroatoms. The minimum Gasteiger partial charge on any atom is -0.415 e. The summed E-state index contributed by atoms with van der Waals surface area (Å²) in [5, 5.41) is 9.12. The minimum atomic E-state index is -2.94. The van der Waals surface area contributed by atoms with Crippen molar-refractivity contribution in [3.8, 4) is 5.88 Å². The van der Waals surface area contributed by atoms with E-state index in [0.29, 0.717) is 22.9 Å². The molecule has 2 N–H and O–H groups in total. The van der Waals surface area contributed by atoms with Crippen molar-refractivity contribution in [3.63, 3.8) is 0 Å². The molecule has 3 aromatic heterocycles. The fraction of sp³-hybridized carbons (Fsp3) is 0.176. The number of aromatic amines is 1. The number of nitrogens with zero attached hydrogens (tertiary/aromatic N) is 5. The Morgan fingerprint density at radius 1 is 1.19 bits per heavy atom. The predicted octanol–water partition coefficient (Wildman–Crippen LogP) is 3.50. The molecule has 0 amide bonds. The van der Waals surface area contributed by atoms with Crippen LogP contribution in [0.15, 0.2) is 48.9 Å². The number of rotatable bonds is 6. The van der Waals surface area contributed by atoms with E-state index in [2.05, 4.69) is 35.2 Å². The fourth-order valence-corrected chi connectivity index (χ4v) is 2.70. The largest absolute Gasteiger partial charge is 0.415 e. The second-order valence-corrected chi connectivity index (χ2v) is 5.76. The molecule has 1 atom stereocenters. The second kappa shape index (κ2) is 6.98. The molecule has 0 bridgehead atoms. The molecule has 0 aliphatic rings. The van der Waals surface area contributed by atoms with Crippen molar-refractivity contribution >= 4 is 22.9 Å². The Morgan fingerprint density at radius 3 is 2.78 bits per heavy atom. The first-order chi connectivity index (χ1) is 13.1. The topological polar surface area (TPSA) is 93.5 Å². The number of nitrogens with one attached hydrogen (secondary N) is 2. The molecule has 138 valence electrons. The third kappa shape index (κ3) is 3.54. The SMILES string of the molecule is C[C@H](c1ccccc1)n1cnc2ncc(Nc3cc(OC(F)F)n[nH]3)nc21. The van der Waals surface area contributed by atoms with Crippen LogP contribution in [0.1, 0.15) is 18.5 Å². The van der Waals surface area contributed by atoms with Crippen molar-refractivity contribution in [2.75, 3.05) is 5.32 Å². The highest BCUT2D eigenvalue weighted by Crippen LogP contribution is 2.23. The standard InChI is InChI=1S/C17H15F2N7O/c1-10(11-5-3-2-4-6-11)26-9-21-15-16(26)23-13(8-20-15)22-12-7-14(25-24-12)27-17(18)19/h2-10,17H,1H3,(H2,22,23,24,25)/t10-/m1/s1. The number of imidazole rings is 1. The van der Waals surface area contributed by atoms with Gasteiger partial charge in [-0.2, -0.15) is 8.78 Å². The maximum absolute atomic E-state index is 12.2. The van der Waals surface area contributed by atoms with Gasteiger partial charge in [0, 0.05) is 6.07 Å². The summed E-state index contributed by atoms with van der Waals surface area (Å²) in [5.74, 6) is 0.544. The van der Waals surface area contributed by atoms with E-state index in [4.69, 9.17) is 0 Å². The predicted molar refractivity (Wildman–Crippen MR) is 94.1 cm³/mol. The van der Waals surface area contributed by atoms with Crippen LogP contribution < -0.4 is 10.1 Å². The zero-order valence-corrected chi connectivity index (χ0v) is 14.2. The van der Waals surface area contributed by atoms with Crippen molar-refractivity contribution in [2.45, 2.75) is 19.6 Å². The van der Waals surface area contributed by atoms with E-state index in [1.54, 1.807) is 6.33 Å². The molecule has 0 spiro atoms. The van der Waals surface area contributed by atoms with Crippen LogP contribution in [0, 0.1) is 0 Å². The Kier molecular flexibility index (Phi) is 4.37. The van der Waals surface area contributed by atoms with Crippen LogP contribution in [0.3, 0.4) is 0 Å². The van der Waals surface area contributed by atoms with Crippen molar-refractivity contribution in [3.05, 3.63) is 54.5 Å². The van der Waals surface area contributed by atoms with Crippen LogP contribution in [0.2, 0.25) is 0 Å². The monoisotopic (exact) mass is 371 g/mol. The van der Waals surface area contributed by atoms with Gasteiger partial charge in [0.05, 0.1) is 18.6 Å². The van der Waals surface area contributed by atoms with Gasteiger partial charge in [0.1, 0.15) is 5.82 Å². The summed E-state index contributed by atoms with van der Waals surface area (Å²) in [6.45, 7) is -0.896. The number of H-pyrrole nitrogens is 1. The molecule has 3 heterocycles. The van der Waals surface area contributed by atoms with Crippen molar-refractivity contribution in [2.24, 2.45) is 0 Å². The average Bonchev–Trinajstić information content (AvgIpc) is 3.28. The van der Waals surface area contributed by atoms with Crippen LogP contribution in [0.25, 0.3) is 11.3 Å². The van der Waals surface area contributed by atoms with Gasteiger partial charge in [-0.1, -0.05) is 30.3 Å². The maximum atomic E-state index is 12.2. The summed E-state index contributed by atoms with van der Waals surface area (Å²) in [5.41, 5.74) is 2.22. The lowest BCUT2D eigenvalue weighted by molar-refractivity contribution is -0.0528. The molecule has 1 aromatic carbocycles. The lowest BCUT2D eigenvalue weighted by Gasteiger charge is -2.14. The van der Waals surface area contributed by atoms with Crippen LogP contribution in [-0.2, 0) is 0 Å². The van der Waals surface area contributed by atoms with E-state index < -0.39 is 6.61 Å². The van der Waals surface area contributed by atoms with Gasteiger partial charge in [0.25, 0.3) is 0 Å². The Morgan fingerprint density at radius 2 is 2.00 bits per heavy atom. The lowest BCUT2D eigenvalue weighted by Crippen LogP contribution is -2.07. The van der Waals surface area contributed by atoms with Gasteiger partial charge in [-0.15, -0.1) is 5.10 Å². The van der Waals surface area contributed by atoms with E-state index in [1.807, 2.05) is 41.8 Å². The zero-order valence-electron chi connectivity index (χ0n) is 14.2. The smallest absolute Gasteiger partial charge is 0.388 e. The number of anilines is 2. The van der Waals surface area contributed by atoms with Gasteiger partial charge in [0.2, 0.25) is 5.88 Å². The normalized spacial score (nSPS) is 12.4. The summed E-state index contributed by atoms with van der Waals surface area (Å²) in [4.78, 5) is 13.1. The second-order valence-electron chi connectivity index (χ2n) is 5.76. The van der Waals surface area contributed by atoms with Gasteiger partial charge in [-0.25, -0.2) is 15.0 Å². The number of ether oxygens (including phenoxy) is 1. The van der Waals surface area contributed by atoms with Gasteiger partial charge in [0.15, 0.2) is 17.1 Å². The Hall–Kier alpha value is -3.56. The van der Waals surface area contributed by atoms with Gasteiger partial charge >= 0.3 is 6.61 Å². The number of benzene rings is 1. The molecule has 4 rings (SSSR count). The molecular formula is C17H15F2N7O. The molecule has 0 unspecified atom stereocenters. The highest BCUT2D eigenvalue weighted by molar-refractivity contribution is 5.69. The van der Waals surface area contributed by atoms with E-state index in [1.165, 1.54) is 12.3 Å². The third-order valence-electron chi connectivity index (χ3n) is 4.01. The Balaban J connectivity index is 1.61. The summed E-state index contributed by atoms with van der Waals surface area (Å²) < 4.78 is 30.6. The van der Waals surface area contributed by atoms with Crippen molar-refractivity contribution in [1.29, 1.82) is 0 Å². The lowest BCUT2D eigenvalue weighted by atomic mass is 10.1. The summed E-state index contributed by atoms with van der Waals surface area (Å²) in [7, 11) is 0. The number of hydrogen-bond acceptors (Lipinski definition) is 6. The van der Waals surface area contributed by atoms with Crippen LogP contribution in [0.4, 0.5) is 20.4 Å². The van der Waals surface area contributed by atoms with Crippen molar-refractivity contribution in [1.82, 2.24) is 29.7 Å². The van der Waals surface area contributed by atoms with E-state index in [-0.39, 0.29) is 11.9 Å². The Labute approximate surface area is 152 Å². The van der Waals surface area contributed by atoms with Crippen LogP contribution in [0.5, 0.6) is 5.88 Å². The quantitative estimate of drug-likeness (QED) is 0.539. The highest BCUT2D eigenvalue weighted by Gasteiger charge is 2.14. The van der Waals surface area contributed by atoms with Crippen molar-refractivity contribution < 1.29 is 13.5 Å². The molecule has 0 saturated heterocycles. The minimum absolute atomic E-state index is 0.0129. The maximum Gasteiger partial charge on any atom is 0.388 e. The first-order valence-electron chi connectivity index (χ1n) is 8.12. The van der Waals surface area contributed by atoms with E-state index in [0.717, 1.165) is 5.56 Å². The summed E-state index contributed by atoms with van der Waals surface area (Å²) >= 11 is 0. The zero-order chi connectivity index (χ0) is 18.8. The fourth-order valence-electron chi connectivity index (χ4n) is 2.70. The number of hydrogen-bond donors (Lipinski definition) is 2. The van der Waals surface area contributed by atoms with Gasteiger partial charge in [-0.05, 0) is 12.5 Å².